The first-order valence-electron chi connectivity index (χ1n) is 10.2. The van der Waals surface area contributed by atoms with Crippen LogP contribution in [0.4, 0.5) is 11.4 Å². The van der Waals surface area contributed by atoms with Crippen LogP contribution in [0.25, 0.3) is 0 Å². The summed E-state index contributed by atoms with van der Waals surface area (Å²) in [6.07, 6.45) is 3.45. The number of benzene rings is 1. The molecule has 0 bridgehead atoms. The van der Waals surface area contributed by atoms with Gasteiger partial charge >= 0.3 is 0 Å². The second-order valence-electron chi connectivity index (χ2n) is 8.40. The smallest absolute Gasteiger partial charge is 0.290 e. The third-order valence-corrected chi connectivity index (χ3v) is 5.57. The van der Waals surface area contributed by atoms with Crippen molar-refractivity contribution in [2.24, 2.45) is 11.8 Å². The molecule has 2 amide bonds. The third-order valence-electron chi connectivity index (χ3n) is 5.57. The molecule has 0 saturated heterocycles. The molecule has 3 rings (SSSR count). The lowest BCUT2D eigenvalue weighted by molar-refractivity contribution is -0.117. The number of hydrogen-bond acceptors (Lipinski definition) is 4. The predicted molar refractivity (Wildman–Crippen MR) is 115 cm³/mol. The zero-order chi connectivity index (χ0) is 21.1. The third kappa shape index (κ3) is 5.00. The Morgan fingerprint density at radius 2 is 1.90 bits per heavy atom. The SMILES string of the molecule is CC(C)[C@@H](C)N(Cc1cc(NC(=O)C2CC2)ccc1N(C)C)C(=O)c1ccco1. The monoisotopic (exact) mass is 397 g/mol. The molecule has 1 aromatic heterocycles. The minimum absolute atomic E-state index is 0.0207. The number of carbonyl (C=O) groups is 2. The van der Waals surface area contributed by atoms with Gasteiger partial charge in [0.1, 0.15) is 0 Å². The number of rotatable bonds is 8. The van der Waals surface area contributed by atoms with Crippen molar-refractivity contribution in [1.82, 2.24) is 4.90 Å². The number of nitrogens with one attached hydrogen (secondary N) is 1. The van der Waals surface area contributed by atoms with E-state index in [2.05, 4.69) is 26.1 Å². The largest absolute Gasteiger partial charge is 0.459 e. The van der Waals surface area contributed by atoms with E-state index in [9.17, 15) is 9.59 Å². The molecule has 1 aromatic carbocycles. The Hall–Kier alpha value is -2.76. The fourth-order valence-electron chi connectivity index (χ4n) is 3.30. The topological polar surface area (TPSA) is 65.8 Å². The summed E-state index contributed by atoms with van der Waals surface area (Å²) in [7, 11) is 3.96. The van der Waals surface area contributed by atoms with Gasteiger partial charge in [0.25, 0.3) is 5.91 Å². The van der Waals surface area contributed by atoms with Crippen LogP contribution >= 0.6 is 0 Å². The summed E-state index contributed by atoms with van der Waals surface area (Å²) in [4.78, 5) is 29.2. The van der Waals surface area contributed by atoms with Gasteiger partial charge in [-0.25, -0.2) is 0 Å². The second-order valence-corrected chi connectivity index (χ2v) is 8.40. The maximum absolute atomic E-state index is 13.1. The molecule has 156 valence electrons. The van der Waals surface area contributed by atoms with Gasteiger partial charge in [-0.1, -0.05) is 13.8 Å². The molecule has 1 heterocycles. The highest BCUT2D eigenvalue weighted by Crippen LogP contribution is 2.32. The molecule has 6 heteroatoms. The van der Waals surface area contributed by atoms with Crippen molar-refractivity contribution in [3.05, 3.63) is 47.9 Å². The number of anilines is 2. The van der Waals surface area contributed by atoms with E-state index in [1.165, 1.54) is 6.26 Å². The van der Waals surface area contributed by atoms with Gasteiger partial charge in [-0.05, 0) is 61.6 Å². The van der Waals surface area contributed by atoms with Crippen molar-refractivity contribution < 1.29 is 14.0 Å². The number of nitrogens with zero attached hydrogens (tertiary/aromatic N) is 2. The molecule has 1 N–H and O–H groups in total. The fourth-order valence-corrected chi connectivity index (χ4v) is 3.30. The molecule has 1 aliphatic carbocycles. The first-order chi connectivity index (χ1) is 13.8. The van der Waals surface area contributed by atoms with Crippen LogP contribution in [0, 0.1) is 11.8 Å². The maximum Gasteiger partial charge on any atom is 0.290 e. The Morgan fingerprint density at radius 1 is 1.17 bits per heavy atom. The normalized spacial score (nSPS) is 14.6. The lowest BCUT2D eigenvalue weighted by Crippen LogP contribution is -2.41. The number of furan rings is 1. The van der Waals surface area contributed by atoms with Crippen molar-refractivity contribution in [3.8, 4) is 0 Å². The van der Waals surface area contributed by atoms with E-state index in [0.717, 1.165) is 29.8 Å². The fraction of sp³-hybridized carbons (Fsp3) is 0.478. The molecule has 1 saturated carbocycles. The molecule has 6 nitrogen and oxygen atoms in total. The minimum Gasteiger partial charge on any atom is -0.459 e. The first-order valence-corrected chi connectivity index (χ1v) is 10.2. The average Bonchev–Trinajstić information content (AvgIpc) is 3.39. The molecule has 1 fully saturated rings. The van der Waals surface area contributed by atoms with E-state index < -0.39 is 0 Å². The van der Waals surface area contributed by atoms with Crippen LogP contribution in [0.2, 0.25) is 0 Å². The highest BCUT2D eigenvalue weighted by atomic mass is 16.3. The van der Waals surface area contributed by atoms with Gasteiger partial charge in [0.05, 0.1) is 6.26 Å². The van der Waals surface area contributed by atoms with E-state index in [-0.39, 0.29) is 29.7 Å². The van der Waals surface area contributed by atoms with Gasteiger partial charge in [-0.15, -0.1) is 0 Å². The van der Waals surface area contributed by atoms with Crippen molar-refractivity contribution in [1.29, 1.82) is 0 Å². The van der Waals surface area contributed by atoms with Gasteiger partial charge in [0.2, 0.25) is 5.91 Å². The van der Waals surface area contributed by atoms with E-state index in [1.807, 2.05) is 42.1 Å². The van der Waals surface area contributed by atoms with Gasteiger partial charge in [0, 0.05) is 44.0 Å². The summed E-state index contributed by atoms with van der Waals surface area (Å²) in [6, 6.07) is 9.33. The zero-order valence-corrected chi connectivity index (χ0v) is 17.9. The lowest BCUT2D eigenvalue weighted by atomic mass is 10.0. The Kier molecular flexibility index (Phi) is 6.30. The molecule has 0 radical (unpaired) electrons. The Morgan fingerprint density at radius 3 is 2.45 bits per heavy atom. The molecule has 0 aliphatic heterocycles. The molecule has 29 heavy (non-hydrogen) atoms. The van der Waals surface area contributed by atoms with Crippen molar-refractivity contribution in [2.45, 2.75) is 46.2 Å². The zero-order valence-electron chi connectivity index (χ0n) is 17.9. The molecule has 0 unspecified atom stereocenters. The Balaban J connectivity index is 1.91. The van der Waals surface area contributed by atoms with Gasteiger partial charge in [0.15, 0.2) is 5.76 Å². The summed E-state index contributed by atoms with van der Waals surface area (Å²) < 4.78 is 5.37. The molecule has 1 aliphatic rings. The van der Waals surface area contributed by atoms with Crippen LogP contribution in [0.15, 0.2) is 41.0 Å². The molecule has 0 spiro atoms. The first kappa shape index (κ1) is 21.0. The molecule has 2 aromatic rings. The number of carbonyl (C=O) groups excluding carboxylic acids is 2. The highest BCUT2D eigenvalue weighted by Gasteiger charge is 2.30. The van der Waals surface area contributed by atoms with Crippen LogP contribution in [-0.4, -0.2) is 36.9 Å². The Bertz CT molecular complexity index is 854. The van der Waals surface area contributed by atoms with E-state index in [0.29, 0.717) is 12.3 Å². The Labute approximate surface area is 172 Å². The highest BCUT2D eigenvalue weighted by molar-refractivity contribution is 5.94. The van der Waals surface area contributed by atoms with Crippen molar-refractivity contribution >= 4 is 23.2 Å². The van der Waals surface area contributed by atoms with E-state index >= 15 is 0 Å². The summed E-state index contributed by atoms with van der Waals surface area (Å²) in [5, 5.41) is 3.01. The second kappa shape index (κ2) is 8.72. The number of amides is 2. The summed E-state index contributed by atoms with van der Waals surface area (Å²) in [6.45, 7) is 6.69. The number of hydrogen-bond donors (Lipinski definition) is 1. The van der Waals surface area contributed by atoms with Gasteiger partial charge < -0.3 is 19.5 Å². The summed E-state index contributed by atoms with van der Waals surface area (Å²) in [5.41, 5.74) is 2.77. The summed E-state index contributed by atoms with van der Waals surface area (Å²) >= 11 is 0. The van der Waals surface area contributed by atoms with Crippen LogP contribution in [0.3, 0.4) is 0 Å². The van der Waals surface area contributed by atoms with Crippen molar-refractivity contribution in [3.63, 3.8) is 0 Å². The quantitative estimate of drug-likeness (QED) is 0.718. The van der Waals surface area contributed by atoms with Gasteiger partial charge in [-0.3, -0.25) is 9.59 Å². The van der Waals surface area contributed by atoms with Crippen molar-refractivity contribution in [2.75, 3.05) is 24.3 Å². The van der Waals surface area contributed by atoms with E-state index in [1.54, 1.807) is 12.1 Å². The van der Waals surface area contributed by atoms with Crippen LogP contribution in [0.5, 0.6) is 0 Å². The predicted octanol–water partition coefficient (Wildman–Crippen LogP) is 4.38. The molecular formula is C23H31N3O3. The van der Waals surface area contributed by atoms with Crippen LogP contribution in [-0.2, 0) is 11.3 Å². The van der Waals surface area contributed by atoms with E-state index in [4.69, 9.17) is 4.42 Å². The summed E-state index contributed by atoms with van der Waals surface area (Å²) in [5.74, 6) is 0.711. The average molecular weight is 398 g/mol. The maximum atomic E-state index is 13.1. The lowest BCUT2D eigenvalue weighted by Gasteiger charge is -2.32. The van der Waals surface area contributed by atoms with Crippen LogP contribution < -0.4 is 10.2 Å². The standard InChI is InChI=1S/C23H31N3O3/c1-15(2)16(3)26(23(28)21-7-6-12-29-21)14-18-13-19(10-11-20(18)25(4)5)24-22(27)17-8-9-17/h6-7,10-13,15-17H,8-9,14H2,1-5H3,(H,24,27)/t16-/m1/s1. The molecule has 1 atom stereocenters. The molecular weight excluding hydrogens is 366 g/mol. The van der Waals surface area contributed by atoms with Crippen LogP contribution in [0.1, 0.15) is 49.7 Å². The van der Waals surface area contributed by atoms with Gasteiger partial charge in [-0.2, -0.15) is 0 Å². The minimum atomic E-state index is -0.131.